The zero-order valence-electron chi connectivity index (χ0n) is 20.2. The summed E-state index contributed by atoms with van der Waals surface area (Å²) in [6.07, 6.45) is 3.56. The number of fused-ring (bicyclic) bond motifs is 1. The summed E-state index contributed by atoms with van der Waals surface area (Å²) in [7, 11) is 0. The van der Waals surface area contributed by atoms with Gasteiger partial charge in [0.25, 0.3) is 0 Å². The SMILES string of the molecule is CC(C)NC(=O)C1Cc2cccnc2N(c2cccc(C#Cc3ccc(C(C)(C)O)cn3)c2)C1=O. The summed E-state index contributed by atoms with van der Waals surface area (Å²) in [4.78, 5) is 36.5. The molecule has 1 aliphatic rings. The monoisotopic (exact) mass is 468 g/mol. The molecule has 1 aliphatic heterocycles. The van der Waals surface area contributed by atoms with Crippen LogP contribution in [0.5, 0.6) is 0 Å². The van der Waals surface area contributed by atoms with Crippen LogP contribution in [-0.2, 0) is 21.6 Å². The summed E-state index contributed by atoms with van der Waals surface area (Å²) in [5.74, 6) is 5.20. The molecule has 1 aromatic carbocycles. The van der Waals surface area contributed by atoms with Crippen LogP contribution in [0.1, 0.15) is 50.1 Å². The minimum Gasteiger partial charge on any atom is -0.386 e. The molecule has 2 N–H and O–H groups in total. The minimum absolute atomic E-state index is 0.0660. The summed E-state index contributed by atoms with van der Waals surface area (Å²) < 4.78 is 0. The van der Waals surface area contributed by atoms with E-state index in [1.807, 2.05) is 38.1 Å². The van der Waals surface area contributed by atoms with Crippen LogP contribution >= 0.6 is 0 Å². The molecule has 2 amide bonds. The van der Waals surface area contributed by atoms with Crippen molar-refractivity contribution in [2.75, 3.05) is 4.90 Å². The largest absolute Gasteiger partial charge is 0.386 e. The molecule has 1 unspecified atom stereocenters. The smallest absolute Gasteiger partial charge is 0.245 e. The highest BCUT2D eigenvalue weighted by molar-refractivity contribution is 6.13. The van der Waals surface area contributed by atoms with Crippen LogP contribution in [0, 0.1) is 17.8 Å². The van der Waals surface area contributed by atoms with Crippen LogP contribution in [0.25, 0.3) is 0 Å². The van der Waals surface area contributed by atoms with E-state index >= 15 is 0 Å². The van der Waals surface area contributed by atoms with E-state index in [0.29, 0.717) is 34.7 Å². The van der Waals surface area contributed by atoms with Gasteiger partial charge in [-0.25, -0.2) is 9.97 Å². The normalized spacial score (nSPS) is 15.3. The average Bonchev–Trinajstić information content (AvgIpc) is 2.82. The highest BCUT2D eigenvalue weighted by atomic mass is 16.3. The van der Waals surface area contributed by atoms with Crippen molar-refractivity contribution >= 4 is 23.3 Å². The molecule has 7 nitrogen and oxygen atoms in total. The summed E-state index contributed by atoms with van der Waals surface area (Å²) >= 11 is 0. The Bertz CT molecular complexity index is 1310. The number of nitrogens with one attached hydrogen (secondary N) is 1. The molecular weight excluding hydrogens is 440 g/mol. The molecule has 0 radical (unpaired) electrons. The molecule has 2 aromatic heterocycles. The maximum atomic E-state index is 13.5. The third-order valence-corrected chi connectivity index (χ3v) is 5.68. The lowest BCUT2D eigenvalue weighted by Gasteiger charge is -2.32. The van der Waals surface area contributed by atoms with Crippen molar-refractivity contribution in [2.24, 2.45) is 5.92 Å². The molecule has 0 fully saturated rings. The Balaban J connectivity index is 1.66. The van der Waals surface area contributed by atoms with Crippen molar-refractivity contribution in [1.82, 2.24) is 15.3 Å². The van der Waals surface area contributed by atoms with Crippen molar-refractivity contribution < 1.29 is 14.7 Å². The molecule has 3 heterocycles. The number of carbonyl (C=O) groups excluding carboxylic acids is 2. The fourth-order valence-electron chi connectivity index (χ4n) is 3.89. The quantitative estimate of drug-likeness (QED) is 0.452. The summed E-state index contributed by atoms with van der Waals surface area (Å²) in [5, 5.41) is 12.9. The molecule has 4 rings (SSSR count). The Hall–Kier alpha value is -4.02. The van der Waals surface area contributed by atoms with Crippen molar-refractivity contribution in [3.8, 4) is 11.8 Å². The Kier molecular flexibility index (Phi) is 6.68. The van der Waals surface area contributed by atoms with Gasteiger partial charge in [0.05, 0.1) is 11.3 Å². The van der Waals surface area contributed by atoms with Gasteiger partial charge in [0.1, 0.15) is 17.4 Å². The highest BCUT2D eigenvalue weighted by Gasteiger charge is 2.39. The predicted molar refractivity (Wildman–Crippen MR) is 134 cm³/mol. The van der Waals surface area contributed by atoms with Gasteiger partial charge >= 0.3 is 0 Å². The Morgan fingerprint density at radius 2 is 1.94 bits per heavy atom. The van der Waals surface area contributed by atoms with Gasteiger partial charge in [-0.2, -0.15) is 0 Å². The maximum absolute atomic E-state index is 13.5. The second kappa shape index (κ2) is 9.69. The van der Waals surface area contributed by atoms with Crippen LogP contribution in [0.2, 0.25) is 0 Å². The molecule has 0 saturated carbocycles. The van der Waals surface area contributed by atoms with Crippen LogP contribution in [0.3, 0.4) is 0 Å². The first-order valence-electron chi connectivity index (χ1n) is 11.5. The van der Waals surface area contributed by atoms with Gasteiger partial charge in [-0.15, -0.1) is 0 Å². The predicted octanol–water partition coefficient (Wildman–Crippen LogP) is 3.47. The van der Waals surface area contributed by atoms with Crippen LogP contribution in [0.4, 0.5) is 11.5 Å². The van der Waals surface area contributed by atoms with Crippen molar-refractivity contribution in [1.29, 1.82) is 0 Å². The number of hydrogen-bond acceptors (Lipinski definition) is 5. The average molecular weight is 469 g/mol. The van der Waals surface area contributed by atoms with E-state index in [4.69, 9.17) is 0 Å². The van der Waals surface area contributed by atoms with E-state index in [2.05, 4.69) is 27.1 Å². The van der Waals surface area contributed by atoms with Crippen LogP contribution in [0.15, 0.2) is 60.9 Å². The van der Waals surface area contributed by atoms with Gasteiger partial charge in [0, 0.05) is 29.6 Å². The number of aliphatic hydroxyl groups is 1. The van der Waals surface area contributed by atoms with E-state index in [0.717, 1.165) is 5.56 Å². The molecule has 0 bridgehead atoms. The van der Waals surface area contributed by atoms with Crippen LogP contribution in [-0.4, -0.2) is 32.9 Å². The number of aromatic nitrogens is 2. The molecule has 0 saturated heterocycles. The molecular formula is C28H28N4O3. The molecule has 0 spiro atoms. The summed E-state index contributed by atoms with van der Waals surface area (Å²) in [5.41, 5.74) is 2.42. The number of carbonyl (C=O) groups is 2. The third-order valence-electron chi connectivity index (χ3n) is 5.68. The van der Waals surface area contributed by atoms with E-state index in [1.54, 1.807) is 50.5 Å². The Morgan fingerprint density at radius 3 is 2.63 bits per heavy atom. The molecule has 0 aliphatic carbocycles. The summed E-state index contributed by atoms with van der Waals surface area (Å²) in [6.45, 7) is 7.14. The first kappa shape index (κ1) is 24.1. The minimum atomic E-state index is -0.970. The maximum Gasteiger partial charge on any atom is 0.245 e. The van der Waals surface area contributed by atoms with Crippen molar-refractivity contribution in [2.45, 2.75) is 45.8 Å². The molecule has 35 heavy (non-hydrogen) atoms. The number of anilines is 2. The summed E-state index contributed by atoms with van der Waals surface area (Å²) in [6, 6.07) is 14.5. The second-order valence-corrected chi connectivity index (χ2v) is 9.37. The van der Waals surface area contributed by atoms with Gasteiger partial charge < -0.3 is 10.4 Å². The standard InChI is InChI=1S/C28H28N4O3/c1-18(2)31-26(33)24-16-20-8-6-14-29-25(20)32(27(24)34)23-9-5-7-19(15-23)10-12-22-13-11-21(17-30-22)28(3,4)35/h5-9,11,13-15,17-18,24,35H,16H2,1-4H3,(H,31,33). The zero-order valence-corrected chi connectivity index (χ0v) is 20.2. The molecule has 178 valence electrons. The first-order chi connectivity index (χ1) is 16.6. The number of pyridine rings is 2. The number of hydrogen-bond donors (Lipinski definition) is 2. The topological polar surface area (TPSA) is 95.4 Å². The number of rotatable bonds is 4. The number of benzene rings is 1. The fraction of sp³-hybridized carbons (Fsp3) is 0.286. The van der Waals surface area contributed by atoms with E-state index in [1.165, 1.54) is 4.90 Å². The van der Waals surface area contributed by atoms with E-state index < -0.39 is 11.5 Å². The lowest BCUT2D eigenvalue weighted by atomic mass is 9.92. The van der Waals surface area contributed by atoms with E-state index in [-0.39, 0.29) is 17.9 Å². The van der Waals surface area contributed by atoms with Gasteiger partial charge in [0.2, 0.25) is 11.8 Å². The zero-order chi connectivity index (χ0) is 25.2. The van der Waals surface area contributed by atoms with Crippen molar-refractivity contribution in [3.63, 3.8) is 0 Å². The van der Waals surface area contributed by atoms with Gasteiger partial charge in [0.15, 0.2) is 0 Å². The molecule has 1 atom stereocenters. The van der Waals surface area contributed by atoms with Gasteiger partial charge in [-0.1, -0.05) is 24.1 Å². The Labute approximate surface area is 205 Å². The molecule has 3 aromatic rings. The third kappa shape index (κ3) is 5.39. The van der Waals surface area contributed by atoms with Crippen molar-refractivity contribution in [3.05, 3.63) is 83.3 Å². The lowest BCUT2D eigenvalue weighted by molar-refractivity contribution is -0.134. The van der Waals surface area contributed by atoms with E-state index in [9.17, 15) is 14.7 Å². The van der Waals surface area contributed by atoms with Gasteiger partial charge in [-0.05, 0) is 75.9 Å². The lowest BCUT2D eigenvalue weighted by Crippen LogP contribution is -2.47. The second-order valence-electron chi connectivity index (χ2n) is 9.37. The number of amides is 2. The molecule has 7 heteroatoms. The van der Waals surface area contributed by atoms with Gasteiger partial charge in [-0.3, -0.25) is 14.5 Å². The highest BCUT2D eigenvalue weighted by Crippen LogP contribution is 2.35. The first-order valence-corrected chi connectivity index (χ1v) is 11.5. The number of nitrogens with zero attached hydrogens (tertiary/aromatic N) is 3. The fourth-order valence-corrected chi connectivity index (χ4v) is 3.89. The Morgan fingerprint density at radius 1 is 1.14 bits per heavy atom. The van der Waals surface area contributed by atoms with Crippen LogP contribution < -0.4 is 10.2 Å².